The van der Waals surface area contributed by atoms with Crippen molar-refractivity contribution < 1.29 is 4.42 Å². The van der Waals surface area contributed by atoms with Gasteiger partial charge in [-0.15, -0.1) is 10.2 Å². The smallest absolute Gasteiger partial charge is 0.281 e. The van der Waals surface area contributed by atoms with Gasteiger partial charge in [-0.2, -0.15) is 0 Å². The molecule has 3 aromatic rings. The van der Waals surface area contributed by atoms with E-state index in [2.05, 4.69) is 41.4 Å². The molecule has 0 saturated carbocycles. The Hall–Kier alpha value is -2.07. The van der Waals surface area contributed by atoms with Gasteiger partial charge in [0.05, 0.1) is 0 Å². The van der Waals surface area contributed by atoms with E-state index in [1.54, 1.807) is 0 Å². The summed E-state index contributed by atoms with van der Waals surface area (Å²) in [4.78, 5) is 1.09. The summed E-state index contributed by atoms with van der Waals surface area (Å²) >= 11 is 1.48. The van der Waals surface area contributed by atoms with Crippen molar-refractivity contribution in [1.29, 1.82) is 0 Å². The number of rotatable bonds is 3. The van der Waals surface area contributed by atoms with E-state index in [-0.39, 0.29) is 0 Å². The highest BCUT2D eigenvalue weighted by Crippen LogP contribution is 2.30. The first kappa shape index (κ1) is 12.9. The van der Waals surface area contributed by atoms with E-state index in [1.807, 2.05) is 31.2 Å². The Bertz CT molecular complexity index is 719. The number of benzene rings is 2. The molecule has 4 heteroatoms. The Morgan fingerprint density at radius 2 is 1.65 bits per heavy atom. The molecule has 100 valence electrons. The van der Waals surface area contributed by atoms with Crippen molar-refractivity contribution in [3.05, 3.63) is 59.7 Å². The maximum absolute atomic E-state index is 5.73. The van der Waals surface area contributed by atoms with Crippen LogP contribution < -0.4 is 0 Å². The Labute approximate surface area is 122 Å². The summed E-state index contributed by atoms with van der Waals surface area (Å²) in [5.41, 5.74) is 3.35. The molecule has 0 saturated heterocycles. The zero-order chi connectivity index (χ0) is 13.9. The highest BCUT2D eigenvalue weighted by Gasteiger charge is 2.11. The molecule has 20 heavy (non-hydrogen) atoms. The van der Waals surface area contributed by atoms with Crippen LogP contribution in [0.15, 0.2) is 63.1 Å². The summed E-state index contributed by atoms with van der Waals surface area (Å²) in [6.45, 7) is 4.10. The quantitative estimate of drug-likeness (QED) is 0.708. The van der Waals surface area contributed by atoms with Crippen LogP contribution in [-0.2, 0) is 0 Å². The van der Waals surface area contributed by atoms with Gasteiger partial charge in [-0.1, -0.05) is 35.9 Å². The summed E-state index contributed by atoms with van der Waals surface area (Å²) in [5, 5.41) is 8.78. The molecule has 3 rings (SSSR count). The van der Waals surface area contributed by atoms with Crippen LogP contribution in [0.4, 0.5) is 0 Å². The minimum atomic E-state index is 0.562. The van der Waals surface area contributed by atoms with Crippen LogP contribution in [0.25, 0.3) is 11.5 Å². The molecule has 0 atom stereocenters. The van der Waals surface area contributed by atoms with Gasteiger partial charge in [0, 0.05) is 10.5 Å². The van der Waals surface area contributed by atoms with Crippen molar-refractivity contribution in [1.82, 2.24) is 10.2 Å². The SMILES string of the molecule is Cc1ccc(Sc2nnc(-c3ccccc3C)o2)cc1. The first-order valence-corrected chi connectivity index (χ1v) is 7.18. The second kappa shape index (κ2) is 5.51. The van der Waals surface area contributed by atoms with Crippen molar-refractivity contribution >= 4 is 11.8 Å². The third kappa shape index (κ3) is 2.75. The lowest BCUT2D eigenvalue weighted by atomic mass is 10.1. The van der Waals surface area contributed by atoms with Crippen LogP contribution in [0.2, 0.25) is 0 Å². The monoisotopic (exact) mass is 282 g/mol. The molecular weight excluding hydrogens is 268 g/mol. The number of aryl methyl sites for hydroxylation is 2. The van der Waals surface area contributed by atoms with E-state index >= 15 is 0 Å². The second-order valence-electron chi connectivity index (χ2n) is 4.60. The van der Waals surface area contributed by atoms with Gasteiger partial charge in [0.2, 0.25) is 5.89 Å². The van der Waals surface area contributed by atoms with E-state index in [1.165, 1.54) is 17.3 Å². The molecule has 0 bridgehead atoms. The van der Waals surface area contributed by atoms with E-state index in [9.17, 15) is 0 Å². The van der Waals surface area contributed by atoms with E-state index in [0.717, 1.165) is 16.0 Å². The highest BCUT2D eigenvalue weighted by atomic mass is 32.2. The first-order chi connectivity index (χ1) is 9.72. The third-order valence-corrected chi connectivity index (χ3v) is 3.86. The molecule has 0 spiro atoms. The Balaban J connectivity index is 1.84. The average Bonchev–Trinajstić information content (AvgIpc) is 2.90. The van der Waals surface area contributed by atoms with Gasteiger partial charge < -0.3 is 4.42 Å². The van der Waals surface area contributed by atoms with Crippen LogP contribution in [-0.4, -0.2) is 10.2 Å². The maximum atomic E-state index is 5.73. The molecule has 0 fully saturated rings. The Kier molecular flexibility index (Phi) is 3.56. The van der Waals surface area contributed by atoms with Gasteiger partial charge in [-0.05, 0) is 49.4 Å². The normalized spacial score (nSPS) is 10.7. The van der Waals surface area contributed by atoms with Crippen LogP contribution in [0.1, 0.15) is 11.1 Å². The molecule has 0 aliphatic heterocycles. The van der Waals surface area contributed by atoms with Crippen molar-refractivity contribution in [2.24, 2.45) is 0 Å². The molecular formula is C16H14N2OS. The minimum Gasteiger partial charge on any atom is -0.411 e. The van der Waals surface area contributed by atoms with Crippen molar-refractivity contribution in [2.75, 3.05) is 0 Å². The van der Waals surface area contributed by atoms with Gasteiger partial charge in [0.1, 0.15) is 0 Å². The molecule has 0 aliphatic rings. The lowest BCUT2D eigenvalue weighted by Crippen LogP contribution is -1.81. The summed E-state index contributed by atoms with van der Waals surface area (Å²) in [6.07, 6.45) is 0. The van der Waals surface area contributed by atoms with Gasteiger partial charge in [0.15, 0.2) is 0 Å². The molecule has 1 heterocycles. The van der Waals surface area contributed by atoms with Crippen LogP contribution >= 0.6 is 11.8 Å². The fraction of sp³-hybridized carbons (Fsp3) is 0.125. The van der Waals surface area contributed by atoms with Crippen LogP contribution in [0, 0.1) is 13.8 Å². The standard InChI is InChI=1S/C16H14N2OS/c1-11-7-9-13(10-8-11)20-16-18-17-15(19-16)14-6-4-3-5-12(14)2/h3-10H,1-2H3. The molecule has 1 aromatic heterocycles. The first-order valence-electron chi connectivity index (χ1n) is 6.36. The van der Waals surface area contributed by atoms with Gasteiger partial charge in [-0.25, -0.2) is 0 Å². The van der Waals surface area contributed by atoms with Gasteiger partial charge in [-0.3, -0.25) is 0 Å². The van der Waals surface area contributed by atoms with Crippen molar-refractivity contribution in [2.45, 2.75) is 24.0 Å². The van der Waals surface area contributed by atoms with E-state index in [4.69, 9.17) is 4.42 Å². The fourth-order valence-corrected chi connectivity index (χ4v) is 2.56. The largest absolute Gasteiger partial charge is 0.411 e. The van der Waals surface area contributed by atoms with Crippen molar-refractivity contribution in [3.8, 4) is 11.5 Å². The van der Waals surface area contributed by atoms with E-state index < -0.39 is 0 Å². The lowest BCUT2D eigenvalue weighted by molar-refractivity contribution is 0.465. The highest BCUT2D eigenvalue weighted by molar-refractivity contribution is 7.99. The number of aromatic nitrogens is 2. The Morgan fingerprint density at radius 3 is 2.40 bits per heavy atom. The fourth-order valence-electron chi connectivity index (χ4n) is 1.88. The third-order valence-electron chi connectivity index (χ3n) is 3.01. The summed E-state index contributed by atoms with van der Waals surface area (Å²) < 4.78 is 5.73. The summed E-state index contributed by atoms with van der Waals surface area (Å²) in [5.74, 6) is 0.567. The molecule has 0 radical (unpaired) electrons. The average molecular weight is 282 g/mol. The zero-order valence-electron chi connectivity index (χ0n) is 11.3. The topological polar surface area (TPSA) is 38.9 Å². The number of hydrogen-bond acceptors (Lipinski definition) is 4. The number of nitrogens with zero attached hydrogens (tertiary/aromatic N) is 2. The Morgan fingerprint density at radius 1 is 0.900 bits per heavy atom. The van der Waals surface area contributed by atoms with Gasteiger partial charge >= 0.3 is 0 Å². The summed E-state index contributed by atoms with van der Waals surface area (Å²) in [7, 11) is 0. The van der Waals surface area contributed by atoms with E-state index in [0.29, 0.717) is 11.1 Å². The molecule has 0 unspecified atom stereocenters. The van der Waals surface area contributed by atoms with Crippen LogP contribution in [0.5, 0.6) is 0 Å². The summed E-state index contributed by atoms with van der Waals surface area (Å²) in [6, 6.07) is 16.2. The predicted molar refractivity (Wildman–Crippen MR) is 79.8 cm³/mol. The van der Waals surface area contributed by atoms with Gasteiger partial charge in [0.25, 0.3) is 5.22 Å². The predicted octanol–water partition coefficient (Wildman–Crippen LogP) is 4.50. The minimum absolute atomic E-state index is 0.562. The lowest BCUT2D eigenvalue weighted by Gasteiger charge is -1.99. The number of hydrogen-bond donors (Lipinski definition) is 0. The molecule has 0 aliphatic carbocycles. The maximum Gasteiger partial charge on any atom is 0.281 e. The molecule has 0 N–H and O–H groups in total. The van der Waals surface area contributed by atoms with Crippen molar-refractivity contribution in [3.63, 3.8) is 0 Å². The second-order valence-corrected chi connectivity index (χ2v) is 5.63. The molecule has 3 nitrogen and oxygen atoms in total. The zero-order valence-corrected chi connectivity index (χ0v) is 12.1. The van der Waals surface area contributed by atoms with Crippen LogP contribution in [0.3, 0.4) is 0 Å². The molecule has 0 amide bonds. The molecule has 2 aromatic carbocycles.